The van der Waals surface area contributed by atoms with Crippen molar-refractivity contribution < 1.29 is 14.9 Å². The minimum Gasteiger partial charge on any atom is -0.388 e. The molecule has 0 unspecified atom stereocenters. The predicted octanol–water partition coefficient (Wildman–Crippen LogP) is 4.49. The minimum atomic E-state index is -0.604. The van der Waals surface area contributed by atoms with Gasteiger partial charge in [-0.2, -0.15) is 0 Å². The molecule has 4 aliphatic rings. The van der Waals surface area contributed by atoms with Crippen molar-refractivity contribution >= 4 is 0 Å². The van der Waals surface area contributed by atoms with Crippen LogP contribution in [0, 0.1) is 23.2 Å². The van der Waals surface area contributed by atoms with Crippen LogP contribution >= 0.6 is 0 Å². The smallest absolute Gasteiger partial charge is 0.0809 e. The molecule has 2 N–H and O–H groups in total. The van der Waals surface area contributed by atoms with Crippen LogP contribution in [0.5, 0.6) is 0 Å². The Morgan fingerprint density at radius 3 is 2.58 bits per heavy atom. The molecule has 1 aliphatic heterocycles. The van der Waals surface area contributed by atoms with E-state index < -0.39 is 12.2 Å². The zero-order chi connectivity index (χ0) is 22.0. The first-order valence-electron chi connectivity index (χ1n) is 12.6. The first-order chi connectivity index (χ1) is 14.9. The molecule has 0 spiro atoms. The molecule has 4 rings (SSSR count). The van der Waals surface area contributed by atoms with Gasteiger partial charge in [-0.15, -0.1) is 0 Å². The quantitative estimate of drug-likeness (QED) is 0.633. The molecule has 0 aromatic carbocycles. The molecule has 1 saturated heterocycles. The van der Waals surface area contributed by atoms with Crippen LogP contribution in [0.2, 0.25) is 0 Å². The van der Waals surface area contributed by atoms with Gasteiger partial charge in [0.1, 0.15) is 0 Å². The van der Waals surface area contributed by atoms with Crippen molar-refractivity contribution in [1.29, 1.82) is 0 Å². The Kier molecular flexibility index (Phi) is 7.42. The molecule has 0 amide bonds. The zero-order valence-corrected chi connectivity index (χ0v) is 19.7. The summed E-state index contributed by atoms with van der Waals surface area (Å²) in [7, 11) is 0. The van der Waals surface area contributed by atoms with Crippen LogP contribution in [0.3, 0.4) is 0 Å². The Morgan fingerprint density at radius 2 is 1.87 bits per heavy atom. The highest BCUT2D eigenvalue weighted by molar-refractivity contribution is 5.29. The van der Waals surface area contributed by atoms with Crippen LogP contribution in [0.25, 0.3) is 0 Å². The van der Waals surface area contributed by atoms with Crippen LogP contribution in [-0.2, 0) is 4.74 Å². The second kappa shape index (κ2) is 9.91. The van der Waals surface area contributed by atoms with Crippen molar-refractivity contribution in [3.05, 3.63) is 35.5 Å². The maximum absolute atomic E-state index is 10.2. The largest absolute Gasteiger partial charge is 0.388 e. The van der Waals surface area contributed by atoms with E-state index in [1.54, 1.807) is 5.57 Å². The number of fused-ring (bicyclic) bond motifs is 1. The summed E-state index contributed by atoms with van der Waals surface area (Å²) in [4.78, 5) is 2.58. The summed E-state index contributed by atoms with van der Waals surface area (Å²) in [6, 6.07) is 0. The topological polar surface area (TPSA) is 52.9 Å². The Morgan fingerprint density at radius 1 is 1.16 bits per heavy atom. The standard InChI is InChI=1S/C27H43NO3/c1-19(10-12-28-13-15-31-16-14-28)23-8-9-24-22(5-4-11-27(23,24)3)7-6-21-17-25(29)20(2)26(30)18-21/h6-7,19,23-26,29-30H,2,4-5,8-18H2,1,3H3/b22-7+/t19-,23-,24+,25-,26-,27-/m1/s1. The summed E-state index contributed by atoms with van der Waals surface area (Å²) in [5.74, 6) is 2.28. The molecule has 6 atom stereocenters. The summed E-state index contributed by atoms with van der Waals surface area (Å²) < 4.78 is 5.50. The number of allylic oxidation sites excluding steroid dienone is 3. The fraction of sp³-hybridized carbons (Fsp3) is 0.778. The highest BCUT2D eigenvalue weighted by Crippen LogP contribution is 2.59. The normalized spacial score (nSPS) is 39.5. The highest BCUT2D eigenvalue weighted by Gasteiger charge is 2.50. The van der Waals surface area contributed by atoms with Gasteiger partial charge in [-0.05, 0) is 86.7 Å². The molecule has 3 aliphatic carbocycles. The molecule has 4 fully saturated rings. The molecule has 0 radical (unpaired) electrons. The van der Waals surface area contributed by atoms with E-state index in [0.29, 0.717) is 29.7 Å². The van der Waals surface area contributed by atoms with Gasteiger partial charge in [0.2, 0.25) is 0 Å². The number of ether oxygens (including phenoxy) is 1. The summed E-state index contributed by atoms with van der Waals surface area (Å²) in [5.41, 5.74) is 3.75. The van der Waals surface area contributed by atoms with E-state index in [4.69, 9.17) is 4.74 Å². The SMILES string of the molecule is C=C1[C@H](O)CC(=C/C=C2\CCC[C@]3(C)[C@@H]([C@H](C)CCN4CCOCC4)CC[C@@H]23)C[C@H]1O. The van der Waals surface area contributed by atoms with E-state index in [2.05, 4.69) is 37.5 Å². The molecule has 4 nitrogen and oxygen atoms in total. The van der Waals surface area contributed by atoms with Crippen molar-refractivity contribution in [2.75, 3.05) is 32.8 Å². The Bertz CT molecular complexity index is 691. The second-order valence-electron chi connectivity index (χ2n) is 10.9. The average molecular weight is 430 g/mol. The molecule has 174 valence electrons. The number of aliphatic hydroxyl groups is 2. The lowest BCUT2D eigenvalue weighted by molar-refractivity contribution is 0.0299. The maximum Gasteiger partial charge on any atom is 0.0809 e. The summed E-state index contributed by atoms with van der Waals surface area (Å²) in [6.07, 6.45) is 12.4. The average Bonchev–Trinajstić information content (AvgIpc) is 3.12. The van der Waals surface area contributed by atoms with Gasteiger partial charge in [0.15, 0.2) is 0 Å². The van der Waals surface area contributed by atoms with Crippen molar-refractivity contribution in [2.24, 2.45) is 23.2 Å². The first kappa shape index (κ1) is 23.2. The van der Waals surface area contributed by atoms with E-state index in [1.165, 1.54) is 45.1 Å². The Balaban J connectivity index is 1.40. The van der Waals surface area contributed by atoms with E-state index in [9.17, 15) is 10.2 Å². The zero-order valence-electron chi connectivity index (χ0n) is 19.7. The summed E-state index contributed by atoms with van der Waals surface area (Å²) in [5, 5.41) is 20.3. The first-order valence-corrected chi connectivity index (χ1v) is 12.6. The van der Waals surface area contributed by atoms with Gasteiger partial charge in [-0.1, -0.05) is 43.7 Å². The van der Waals surface area contributed by atoms with Crippen molar-refractivity contribution in [3.63, 3.8) is 0 Å². The van der Waals surface area contributed by atoms with E-state index in [-0.39, 0.29) is 0 Å². The van der Waals surface area contributed by atoms with Gasteiger partial charge in [-0.3, -0.25) is 4.90 Å². The lowest BCUT2D eigenvalue weighted by atomic mass is 9.61. The molecule has 1 heterocycles. The van der Waals surface area contributed by atoms with Gasteiger partial charge in [0, 0.05) is 13.1 Å². The van der Waals surface area contributed by atoms with Crippen LogP contribution < -0.4 is 0 Å². The van der Waals surface area contributed by atoms with Crippen molar-refractivity contribution in [1.82, 2.24) is 4.90 Å². The van der Waals surface area contributed by atoms with Crippen LogP contribution in [0.1, 0.15) is 65.2 Å². The highest BCUT2D eigenvalue weighted by atomic mass is 16.5. The molecular formula is C27H43NO3. The Labute approximate surface area is 189 Å². The number of hydrogen-bond acceptors (Lipinski definition) is 4. The fourth-order valence-electron chi connectivity index (χ4n) is 7.05. The number of rotatable bonds is 5. The van der Waals surface area contributed by atoms with Gasteiger partial charge >= 0.3 is 0 Å². The van der Waals surface area contributed by atoms with E-state index >= 15 is 0 Å². The fourth-order valence-corrected chi connectivity index (χ4v) is 7.05. The van der Waals surface area contributed by atoms with Crippen molar-refractivity contribution in [3.8, 4) is 0 Å². The van der Waals surface area contributed by atoms with Crippen molar-refractivity contribution in [2.45, 2.75) is 77.4 Å². The molecule has 31 heavy (non-hydrogen) atoms. The minimum absolute atomic E-state index is 0.424. The Hall–Kier alpha value is -0.940. The predicted molar refractivity (Wildman–Crippen MR) is 126 cm³/mol. The number of morpholine rings is 1. The lowest BCUT2D eigenvalue weighted by Gasteiger charge is -2.44. The lowest BCUT2D eigenvalue weighted by Crippen LogP contribution is -2.39. The van der Waals surface area contributed by atoms with E-state index in [1.807, 2.05) is 0 Å². The van der Waals surface area contributed by atoms with E-state index in [0.717, 1.165) is 43.7 Å². The van der Waals surface area contributed by atoms with Gasteiger partial charge in [0.25, 0.3) is 0 Å². The third-order valence-corrected chi connectivity index (χ3v) is 9.03. The van der Waals surface area contributed by atoms with Crippen LogP contribution in [0.15, 0.2) is 35.5 Å². The molecule has 3 saturated carbocycles. The third-order valence-electron chi connectivity index (χ3n) is 9.03. The monoisotopic (exact) mass is 429 g/mol. The number of aliphatic hydroxyl groups excluding tert-OH is 2. The van der Waals surface area contributed by atoms with Crippen LogP contribution in [-0.4, -0.2) is 60.2 Å². The molecule has 0 bridgehead atoms. The third kappa shape index (κ3) is 5.03. The molecular weight excluding hydrogens is 386 g/mol. The van der Waals surface area contributed by atoms with Gasteiger partial charge in [-0.25, -0.2) is 0 Å². The van der Waals surface area contributed by atoms with Crippen LogP contribution in [0.4, 0.5) is 0 Å². The molecule has 0 aromatic heterocycles. The molecule has 0 aromatic rings. The maximum atomic E-state index is 10.2. The number of hydrogen-bond donors (Lipinski definition) is 2. The summed E-state index contributed by atoms with van der Waals surface area (Å²) in [6.45, 7) is 14.1. The second-order valence-corrected chi connectivity index (χ2v) is 10.9. The van der Waals surface area contributed by atoms with Gasteiger partial charge < -0.3 is 14.9 Å². The summed E-state index contributed by atoms with van der Waals surface area (Å²) >= 11 is 0. The number of nitrogens with zero attached hydrogens (tertiary/aromatic N) is 1. The molecule has 4 heteroatoms. The van der Waals surface area contributed by atoms with Gasteiger partial charge in [0.05, 0.1) is 25.4 Å².